The highest BCUT2D eigenvalue weighted by atomic mass is 16.5. The zero-order valence-electron chi connectivity index (χ0n) is 25.5. The molecule has 0 saturated heterocycles. The van der Waals surface area contributed by atoms with Crippen molar-refractivity contribution in [3.63, 3.8) is 0 Å². The minimum absolute atomic E-state index is 0.154. The summed E-state index contributed by atoms with van der Waals surface area (Å²) in [5.74, 6) is 0.966. The molecular weight excluding hydrogens is 523 g/mol. The molecule has 0 bridgehead atoms. The molecule has 0 fully saturated rings. The molecule has 0 spiro atoms. The van der Waals surface area contributed by atoms with Crippen LogP contribution in [0.3, 0.4) is 0 Å². The second kappa shape index (κ2) is 13.1. The lowest BCUT2D eigenvalue weighted by Crippen LogP contribution is -2.56. The average Bonchev–Trinajstić information content (AvgIpc) is 2.94. The van der Waals surface area contributed by atoms with Crippen molar-refractivity contribution in [2.24, 2.45) is 0 Å². The molecule has 0 aliphatic heterocycles. The highest BCUT2D eigenvalue weighted by Gasteiger charge is 2.31. The van der Waals surface area contributed by atoms with Crippen LogP contribution in [0.1, 0.15) is 38.8 Å². The van der Waals surface area contributed by atoms with Gasteiger partial charge in [0.15, 0.2) is 0 Å². The predicted octanol–water partition coefficient (Wildman–Crippen LogP) is 6.10. The largest absolute Gasteiger partial charge is 0.657 e. The highest BCUT2D eigenvalue weighted by Crippen LogP contribution is 2.25. The molecule has 2 N–H and O–H groups in total. The minimum atomic E-state index is -0.158. The number of amides is 2. The van der Waals surface area contributed by atoms with Gasteiger partial charge in [0.05, 0.1) is 41.8 Å². The number of hydrogen-bond donors (Lipinski definition) is 2. The third kappa shape index (κ3) is 9.06. The van der Waals surface area contributed by atoms with Gasteiger partial charge in [0, 0.05) is 28.1 Å². The Morgan fingerprint density at radius 1 is 0.619 bits per heavy atom. The Bertz CT molecular complexity index is 1490. The van der Waals surface area contributed by atoms with Crippen molar-refractivity contribution in [2.75, 3.05) is 45.9 Å². The molecule has 2 amide bonds. The van der Waals surface area contributed by atoms with Crippen LogP contribution in [0.5, 0.6) is 11.5 Å². The van der Waals surface area contributed by atoms with E-state index in [2.05, 4.69) is 52.8 Å². The van der Waals surface area contributed by atoms with E-state index in [-0.39, 0.29) is 11.8 Å². The number of benzene rings is 4. The van der Waals surface area contributed by atoms with Crippen LogP contribution in [0, 0.1) is 0 Å². The third-order valence-corrected chi connectivity index (χ3v) is 6.72. The average molecular weight is 565 g/mol. The topological polar surface area (TPSA) is 67.4 Å². The number of ether oxygens (including phenoxy) is 1. The lowest BCUT2D eigenvalue weighted by molar-refractivity contribution is -0.888. The molecule has 0 aromatic heterocycles. The molecule has 4 rings (SSSR count). The second-order valence-electron chi connectivity index (χ2n) is 12.3. The van der Waals surface area contributed by atoms with Crippen molar-refractivity contribution < 1.29 is 23.1 Å². The van der Waals surface area contributed by atoms with Crippen LogP contribution in [0.25, 0.3) is 0 Å². The number of quaternary nitrogens is 2. The monoisotopic (exact) mass is 564 g/mol. The Morgan fingerprint density at radius 3 is 1.40 bits per heavy atom. The van der Waals surface area contributed by atoms with Gasteiger partial charge < -0.3 is 24.2 Å². The first-order chi connectivity index (χ1) is 19.9. The number of hydrogen-bond acceptors (Lipinski definition) is 3. The molecule has 216 valence electrons. The summed E-state index contributed by atoms with van der Waals surface area (Å²) in [6.07, 6.45) is 0.936. The van der Waals surface area contributed by atoms with Crippen LogP contribution in [0.15, 0.2) is 97.1 Å². The zero-order valence-corrected chi connectivity index (χ0v) is 25.5. The Balaban J connectivity index is 1.28. The van der Waals surface area contributed by atoms with Gasteiger partial charge in [-0.05, 0) is 84.8 Å². The van der Waals surface area contributed by atoms with Crippen molar-refractivity contribution in [3.05, 3.63) is 119 Å². The standard InChI is InChI=1S/C34H39BN4O3/c1-7-25-8-12-27(13-9-25)33(40)36-29-16-20-31(21-17-29)42-32-22-18-30(19-23-32)37-34(41)28-14-10-26(11-15-28)24-39(5,6)35-38(2,3)4/h8-23,35H,7,24H2,1-6H3/p+2. The number of rotatable bonds is 11. The molecule has 0 unspecified atom stereocenters. The number of carbonyl (C=O) groups excluding carboxylic acids is 2. The van der Waals surface area contributed by atoms with E-state index in [1.165, 1.54) is 11.1 Å². The van der Waals surface area contributed by atoms with Gasteiger partial charge in [0.25, 0.3) is 11.8 Å². The summed E-state index contributed by atoms with van der Waals surface area (Å²) in [5.41, 5.74) is 4.99. The van der Waals surface area contributed by atoms with Gasteiger partial charge >= 0.3 is 7.55 Å². The first-order valence-electron chi connectivity index (χ1n) is 14.2. The van der Waals surface area contributed by atoms with E-state index in [0.29, 0.717) is 34.0 Å². The fraction of sp³-hybridized carbons (Fsp3) is 0.235. The molecule has 0 aliphatic rings. The van der Waals surface area contributed by atoms with Crippen molar-refractivity contribution in [2.45, 2.75) is 19.9 Å². The van der Waals surface area contributed by atoms with Crippen LogP contribution in [-0.4, -0.2) is 63.4 Å². The summed E-state index contributed by atoms with van der Waals surface area (Å²) in [4.78, 5) is 25.3. The Hall–Kier alpha value is -4.40. The lowest BCUT2D eigenvalue weighted by atomic mass is 9.97. The molecule has 7 nitrogen and oxygen atoms in total. The van der Waals surface area contributed by atoms with E-state index in [1.807, 2.05) is 72.8 Å². The molecule has 0 atom stereocenters. The van der Waals surface area contributed by atoms with Gasteiger partial charge in [0.1, 0.15) is 11.5 Å². The number of carbonyl (C=O) groups is 2. The van der Waals surface area contributed by atoms with Crippen LogP contribution in [0.2, 0.25) is 0 Å². The summed E-state index contributed by atoms with van der Waals surface area (Å²) in [6, 6.07) is 29.9. The lowest BCUT2D eigenvalue weighted by Gasteiger charge is -2.34. The number of nitrogens with zero attached hydrogens (tertiary/aromatic N) is 2. The molecule has 4 aromatic carbocycles. The Kier molecular flexibility index (Phi) is 9.50. The van der Waals surface area contributed by atoms with Crippen LogP contribution >= 0.6 is 0 Å². The second-order valence-corrected chi connectivity index (χ2v) is 12.3. The SMILES string of the molecule is CCc1ccc(C(=O)Nc2ccc(Oc3ccc(NC(=O)c4ccc(C[N+](C)(C)B[N+](C)(C)C)cc4)cc3)cc2)cc1. The summed E-state index contributed by atoms with van der Waals surface area (Å²) >= 11 is 0. The summed E-state index contributed by atoms with van der Waals surface area (Å²) in [6.45, 7) is 2.98. The minimum Gasteiger partial charge on any atom is -0.457 e. The van der Waals surface area contributed by atoms with Gasteiger partial charge in [-0.15, -0.1) is 0 Å². The molecule has 0 radical (unpaired) electrons. The van der Waals surface area contributed by atoms with Crippen molar-refractivity contribution in [1.82, 2.24) is 0 Å². The molecule has 0 heterocycles. The summed E-state index contributed by atoms with van der Waals surface area (Å²) < 4.78 is 7.69. The Labute approximate surface area is 250 Å². The number of aryl methyl sites for hydroxylation is 1. The van der Waals surface area contributed by atoms with E-state index in [9.17, 15) is 9.59 Å². The van der Waals surface area contributed by atoms with Crippen LogP contribution in [0.4, 0.5) is 11.4 Å². The van der Waals surface area contributed by atoms with E-state index >= 15 is 0 Å². The molecule has 4 aromatic rings. The zero-order chi connectivity index (χ0) is 30.3. The predicted molar refractivity (Wildman–Crippen MR) is 172 cm³/mol. The first-order valence-corrected chi connectivity index (χ1v) is 14.2. The van der Waals surface area contributed by atoms with Crippen LogP contribution in [-0.2, 0) is 13.0 Å². The third-order valence-electron chi connectivity index (χ3n) is 6.72. The quantitative estimate of drug-likeness (QED) is 0.217. The van der Waals surface area contributed by atoms with Crippen molar-refractivity contribution in [1.29, 1.82) is 0 Å². The molecule has 0 saturated carbocycles. The number of nitrogens with one attached hydrogen (secondary N) is 2. The fourth-order valence-corrected chi connectivity index (χ4v) is 5.10. The highest BCUT2D eigenvalue weighted by molar-refractivity contribution is 6.16. The maximum atomic E-state index is 12.8. The smallest absolute Gasteiger partial charge is 0.457 e. The maximum absolute atomic E-state index is 12.8. The number of anilines is 2. The van der Waals surface area contributed by atoms with Gasteiger partial charge in [-0.1, -0.05) is 31.2 Å². The van der Waals surface area contributed by atoms with Gasteiger partial charge in [-0.25, -0.2) is 0 Å². The van der Waals surface area contributed by atoms with Gasteiger partial charge in [-0.3, -0.25) is 9.59 Å². The van der Waals surface area contributed by atoms with Gasteiger partial charge in [0.2, 0.25) is 0 Å². The van der Waals surface area contributed by atoms with E-state index in [0.717, 1.165) is 29.3 Å². The fourth-order valence-electron chi connectivity index (χ4n) is 5.10. The molecule has 0 aliphatic carbocycles. The first kappa shape index (κ1) is 30.6. The molecule has 8 heteroatoms. The molecular formula is C34H41BN4O3+2. The summed E-state index contributed by atoms with van der Waals surface area (Å²) in [5, 5.41) is 5.86. The molecule has 42 heavy (non-hydrogen) atoms. The van der Waals surface area contributed by atoms with Crippen molar-refractivity contribution in [3.8, 4) is 11.5 Å². The maximum Gasteiger partial charge on any atom is 0.657 e. The van der Waals surface area contributed by atoms with Gasteiger partial charge in [-0.2, -0.15) is 0 Å². The van der Waals surface area contributed by atoms with Crippen LogP contribution < -0.4 is 15.4 Å². The Morgan fingerprint density at radius 2 is 1.02 bits per heavy atom. The van der Waals surface area contributed by atoms with Crippen molar-refractivity contribution >= 4 is 30.7 Å². The normalized spacial score (nSPS) is 11.5. The van der Waals surface area contributed by atoms with E-state index in [4.69, 9.17) is 4.74 Å². The van der Waals surface area contributed by atoms with E-state index in [1.54, 1.807) is 24.3 Å². The summed E-state index contributed by atoms with van der Waals surface area (Å²) in [7, 11) is 12.0. The van der Waals surface area contributed by atoms with E-state index < -0.39 is 0 Å².